The monoisotopic (exact) mass is 381 g/mol. The van der Waals surface area contributed by atoms with Gasteiger partial charge in [0.2, 0.25) is 0 Å². The van der Waals surface area contributed by atoms with E-state index in [9.17, 15) is 4.79 Å². The van der Waals surface area contributed by atoms with E-state index in [1.54, 1.807) is 29.7 Å². The van der Waals surface area contributed by atoms with Crippen molar-refractivity contribution >= 4 is 54.9 Å². The number of pyridine rings is 1. The van der Waals surface area contributed by atoms with Crippen molar-refractivity contribution in [3.05, 3.63) is 40.0 Å². The number of hydrogen-bond donors (Lipinski definition) is 0. The zero-order valence-corrected chi connectivity index (χ0v) is 15.7. The summed E-state index contributed by atoms with van der Waals surface area (Å²) in [6, 6.07) is 5.39. The highest BCUT2D eigenvalue weighted by Crippen LogP contribution is 2.35. The third-order valence-electron chi connectivity index (χ3n) is 3.51. The summed E-state index contributed by atoms with van der Waals surface area (Å²) in [5.74, 6) is -0.366. The first-order valence-corrected chi connectivity index (χ1v) is 9.55. The number of fused-ring (bicyclic) bond motifs is 1. The quantitative estimate of drug-likeness (QED) is 0.461. The Kier molecular flexibility index (Phi) is 5.33. The van der Waals surface area contributed by atoms with Crippen LogP contribution in [0.25, 0.3) is 9.53 Å². The number of thiazole rings is 1. The molecular formula is C16H16ClN3O2S2. The van der Waals surface area contributed by atoms with Gasteiger partial charge in [0.05, 0.1) is 4.70 Å². The smallest absolute Gasteiger partial charge is 0.348 e. The van der Waals surface area contributed by atoms with E-state index < -0.39 is 0 Å². The first-order chi connectivity index (χ1) is 11.6. The second-order valence-electron chi connectivity index (χ2n) is 4.98. The average Bonchev–Trinajstić information content (AvgIpc) is 3.14. The van der Waals surface area contributed by atoms with E-state index in [1.165, 1.54) is 11.3 Å². The summed E-state index contributed by atoms with van der Waals surface area (Å²) in [4.78, 5) is 24.4. The zero-order valence-electron chi connectivity index (χ0n) is 13.3. The van der Waals surface area contributed by atoms with Crippen LogP contribution in [0.4, 0.5) is 5.13 Å². The van der Waals surface area contributed by atoms with Gasteiger partial charge < -0.3 is 9.64 Å². The summed E-state index contributed by atoms with van der Waals surface area (Å²) in [6.07, 6.45) is 1.60. The van der Waals surface area contributed by atoms with Gasteiger partial charge >= 0.3 is 5.97 Å². The summed E-state index contributed by atoms with van der Waals surface area (Å²) in [6.45, 7) is 6.14. The van der Waals surface area contributed by atoms with Crippen LogP contribution in [0.3, 0.4) is 0 Å². The van der Waals surface area contributed by atoms with E-state index in [2.05, 4.69) is 28.7 Å². The summed E-state index contributed by atoms with van der Waals surface area (Å²) < 4.78 is 6.34. The molecule has 126 valence electrons. The van der Waals surface area contributed by atoms with E-state index in [0.29, 0.717) is 15.6 Å². The van der Waals surface area contributed by atoms with Crippen molar-refractivity contribution in [2.45, 2.75) is 20.5 Å². The third kappa shape index (κ3) is 3.53. The van der Waals surface area contributed by atoms with Gasteiger partial charge in [-0.05, 0) is 26.0 Å². The molecule has 0 saturated carbocycles. The Hall–Kier alpha value is -1.70. The van der Waals surface area contributed by atoms with Crippen molar-refractivity contribution in [2.24, 2.45) is 0 Å². The van der Waals surface area contributed by atoms with Gasteiger partial charge in [-0.2, -0.15) is 0 Å². The van der Waals surface area contributed by atoms with Crippen LogP contribution in [-0.2, 0) is 11.3 Å². The number of ether oxygens (including phenoxy) is 1. The fraction of sp³-hybridized carbons (Fsp3) is 0.312. The molecular weight excluding hydrogens is 366 g/mol. The van der Waals surface area contributed by atoms with Crippen LogP contribution >= 0.6 is 34.3 Å². The molecule has 24 heavy (non-hydrogen) atoms. The molecule has 0 bridgehead atoms. The standard InChI is InChI=1S/C16H16ClN3O2S2/c1-3-20(4-2)16-19-14-11(24-16)8-12(23-14)15(21)22-9-10-6-5-7-18-13(10)17/h5-8H,3-4,9H2,1-2H3. The maximum Gasteiger partial charge on any atom is 0.348 e. The first kappa shape index (κ1) is 17.1. The van der Waals surface area contributed by atoms with Crippen LogP contribution in [-0.4, -0.2) is 29.0 Å². The lowest BCUT2D eigenvalue weighted by Crippen LogP contribution is -2.21. The number of anilines is 1. The topological polar surface area (TPSA) is 55.3 Å². The number of rotatable bonds is 6. The SMILES string of the molecule is CCN(CC)c1nc2sc(C(=O)OCc3cccnc3Cl)cc2s1. The Balaban J connectivity index is 1.71. The lowest BCUT2D eigenvalue weighted by molar-refractivity contribution is 0.0478. The fourth-order valence-electron chi connectivity index (χ4n) is 2.20. The Morgan fingerprint density at radius 2 is 2.12 bits per heavy atom. The summed E-state index contributed by atoms with van der Waals surface area (Å²) in [5.41, 5.74) is 0.688. The van der Waals surface area contributed by atoms with Crippen LogP contribution in [0.5, 0.6) is 0 Å². The van der Waals surface area contributed by atoms with E-state index in [4.69, 9.17) is 16.3 Å². The molecule has 0 aliphatic heterocycles. The minimum absolute atomic E-state index is 0.106. The molecule has 0 spiro atoms. The number of carbonyl (C=O) groups excluding carboxylic acids is 1. The Bertz CT molecular complexity index is 827. The Morgan fingerprint density at radius 1 is 1.33 bits per heavy atom. The molecule has 0 aromatic carbocycles. The lowest BCUT2D eigenvalue weighted by Gasteiger charge is -2.16. The van der Waals surface area contributed by atoms with Crippen LogP contribution < -0.4 is 4.90 Å². The molecule has 0 radical (unpaired) electrons. The van der Waals surface area contributed by atoms with E-state index in [0.717, 1.165) is 27.8 Å². The molecule has 0 unspecified atom stereocenters. The van der Waals surface area contributed by atoms with Crippen molar-refractivity contribution < 1.29 is 9.53 Å². The number of carbonyl (C=O) groups is 1. The average molecular weight is 382 g/mol. The largest absolute Gasteiger partial charge is 0.457 e. The molecule has 0 N–H and O–H groups in total. The van der Waals surface area contributed by atoms with Crippen molar-refractivity contribution in [3.63, 3.8) is 0 Å². The van der Waals surface area contributed by atoms with Gasteiger partial charge in [0.25, 0.3) is 0 Å². The van der Waals surface area contributed by atoms with E-state index in [1.807, 2.05) is 6.07 Å². The minimum Gasteiger partial charge on any atom is -0.457 e. The summed E-state index contributed by atoms with van der Waals surface area (Å²) in [7, 11) is 0. The molecule has 0 amide bonds. The van der Waals surface area contributed by atoms with Crippen LogP contribution in [0.2, 0.25) is 5.15 Å². The summed E-state index contributed by atoms with van der Waals surface area (Å²) >= 11 is 8.91. The van der Waals surface area contributed by atoms with Gasteiger partial charge in [0.1, 0.15) is 21.5 Å². The van der Waals surface area contributed by atoms with Crippen molar-refractivity contribution in [1.82, 2.24) is 9.97 Å². The first-order valence-electron chi connectivity index (χ1n) is 7.54. The molecule has 3 aromatic heterocycles. The number of esters is 1. The van der Waals surface area contributed by atoms with E-state index in [-0.39, 0.29) is 12.6 Å². The number of thiophene rings is 1. The van der Waals surface area contributed by atoms with Crippen LogP contribution in [0.15, 0.2) is 24.4 Å². The molecule has 0 aliphatic carbocycles. The summed E-state index contributed by atoms with van der Waals surface area (Å²) in [5, 5.41) is 1.34. The van der Waals surface area contributed by atoms with E-state index >= 15 is 0 Å². The van der Waals surface area contributed by atoms with Gasteiger partial charge in [0.15, 0.2) is 5.13 Å². The predicted molar refractivity (Wildman–Crippen MR) is 99.4 cm³/mol. The predicted octanol–water partition coefficient (Wildman–Crippen LogP) is 4.61. The van der Waals surface area contributed by atoms with Crippen molar-refractivity contribution in [2.75, 3.05) is 18.0 Å². The van der Waals surface area contributed by atoms with Gasteiger partial charge in [-0.25, -0.2) is 14.8 Å². The van der Waals surface area contributed by atoms with Crippen LogP contribution in [0.1, 0.15) is 29.1 Å². The maximum atomic E-state index is 12.2. The van der Waals surface area contributed by atoms with Gasteiger partial charge in [0, 0.05) is 24.8 Å². The zero-order chi connectivity index (χ0) is 17.1. The normalized spacial score (nSPS) is 11.0. The highest BCUT2D eigenvalue weighted by atomic mass is 35.5. The van der Waals surface area contributed by atoms with Crippen molar-refractivity contribution in [3.8, 4) is 0 Å². The molecule has 8 heteroatoms. The Morgan fingerprint density at radius 3 is 2.79 bits per heavy atom. The molecule has 0 saturated heterocycles. The second kappa shape index (κ2) is 7.46. The number of halogens is 1. The Labute approximate surface area is 152 Å². The molecule has 0 atom stereocenters. The minimum atomic E-state index is -0.366. The highest BCUT2D eigenvalue weighted by Gasteiger charge is 2.17. The van der Waals surface area contributed by atoms with Gasteiger partial charge in [-0.3, -0.25) is 0 Å². The highest BCUT2D eigenvalue weighted by molar-refractivity contribution is 7.29. The third-order valence-corrected chi connectivity index (χ3v) is 6.05. The lowest BCUT2D eigenvalue weighted by atomic mass is 10.3. The second-order valence-corrected chi connectivity index (χ2v) is 7.38. The molecule has 3 heterocycles. The molecule has 3 rings (SSSR count). The number of nitrogens with zero attached hydrogens (tertiary/aromatic N) is 3. The van der Waals surface area contributed by atoms with Gasteiger partial charge in [-0.1, -0.05) is 29.0 Å². The van der Waals surface area contributed by atoms with Gasteiger partial charge in [-0.15, -0.1) is 11.3 Å². The molecule has 0 aliphatic rings. The number of hydrogen-bond acceptors (Lipinski definition) is 7. The fourth-order valence-corrected chi connectivity index (χ4v) is 4.60. The maximum absolute atomic E-state index is 12.2. The van der Waals surface area contributed by atoms with Crippen molar-refractivity contribution in [1.29, 1.82) is 0 Å². The molecule has 5 nitrogen and oxygen atoms in total. The number of aromatic nitrogens is 2. The molecule has 3 aromatic rings. The molecule has 0 fully saturated rings. The van der Waals surface area contributed by atoms with Crippen LogP contribution in [0, 0.1) is 0 Å².